The van der Waals surface area contributed by atoms with Gasteiger partial charge in [-0.15, -0.1) is 0 Å². The molecule has 1 atom stereocenters. The van der Waals surface area contributed by atoms with Crippen LogP contribution >= 0.6 is 0 Å². The minimum Gasteiger partial charge on any atom is -0.479 e. The number of rotatable bonds is 3. The molecule has 2 aliphatic heterocycles. The predicted molar refractivity (Wildman–Crippen MR) is 72.6 cm³/mol. The van der Waals surface area contributed by atoms with Crippen LogP contribution in [0.25, 0.3) is 0 Å². The van der Waals surface area contributed by atoms with Gasteiger partial charge in [0.1, 0.15) is 0 Å². The van der Waals surface area contributed by atoms with Gasteiger partial charge in [0.05, 0.1) is 6.61 Å². The SMILES string of the molecule is CN(C)C1CCN(C(=O)NC2(C(=O)O)CCOC2)CC1. The van der Waals surface area contributed by atoms with Crippen molar-refractivity contribution in [1.82, 2.24) is 15.1 Å². The van der Waals surface area contributed by atoms with Crippen LogP contribution in [0.15, 0.2) is 0 Å². The van der Waals surface area contributed by atoms with E-state index in [1.54, 1.807) is 4.90 Å². The van der Waals surface area contributed by atoms with Gasteiger partial charge in [-0.1, -0.05) is 0 Å². The maximum Gasteiger partial charge on any atom is 0.332 e. The van der Waals surface area contributed by atoms with E-state index in [2.05, 4.69) is 10.2 Å². The molecule has 7 nitrogen and oxygen atoms in total. The van der Waals surface area contributed by atoms with Crippen LogP contribution < -0.4 is 5.32 Å². The Kier molecular flexibility index (Phi) is 4.49. The number of ether oxygens (including phenoxy) is 1. The molecule has 114 valence electrons. The normalized spacial score (nSPS) is 27.9. The van der Waals surface area contributed by atoms with Crippen molar-refractivity contribution in [2.75, 3.05) is 40.4 Å². The highest BCUT2D eigenvalue weighted by atomic mass is 16.5. The van der Waals surface area contributed by atoms with Gasteiger partial charge in [0.2, 0.25) is 0 Å². The van der Waals surface area contributed by atoms with Crippen LogP contribution in [-0.2, 0) is 9.53 Å². The number of aliphatic carboxylic acids is 1. The van der Waals surface area contributed by atoms with E-state index in [9.17, 15) is 14.7 Å². The summed E-state index contributed by atoms with van der Waals surface area (Å²) in [6.45, 7) is 1.73. The maximum absolute atomic E-state index is 12.2. The number of likely N-dealkylation sites (tertiary alicyclic amines) is 1. The summed E-state index contributed by atoms with van der Waals surface area (Å²) >= 11 is 0. The van der Waals surface area contributed by atoms with Gasteiger partial charge in [0.15, 0.2) is 5.54 Å². The molecule has 0 bridgehead atoms. The standard InChI is InChI=1S/C13H23N3O4/c1-15(2)10-3-6-16(7-4-10)12(19)14-13(11(17)18)5-8-20-9-13/h10H,3-9H2,1-2H3,(H,14,19)(H,17,18). The molecule has 0 saturated carbocycles. The monoisotopic (exact) mass is 285 g/mol. The van der Waals surface area contributed by atoms with Crippen LogP contribution in [-0.4, -0.2) is 78.9 Å². The molecule has 1 unspecified atom stereocenters. The van der Waals surface area contributed by atoms with Crippen LogP contribution in [0.3, 0.4) is 0 Å². The van der Waals surface area contributed by atoms with E-state index in [-0.39, 0.29) is 12.6 Å². The first kappa shape index (κ1) is 15.1. The summed E-state index contributed by atoms with van der Waals surface area (Å²) in [7, 11) is 4.07. The van der Waals surface area contributed by atoms with Crippen LogP contribution in [0, 0.1) is 0 Å². The summed E-state index contributed by atoms with van der Waals surface area (Å²) in [5.41, 5.74) is -1.25. The van der Waals surface area contributed by atoms with E-state index in [4.69, 9.17) is 4.74 Å². The molecule has 20 heavy (non-hydrogen) atoms. The molecule has 2 heterocycles. The molecule has 2 rings (SSSR count). The summed E-state index contributed by atoms with van der Waals surface area (Å²) in [4.78, 5) is 27.4. The number of hydrogen-bond acceptors (Lipinski definition) is 4. The van der Waals surface area contributed by atoms with Gasteiger partial charge in [-0.25, -0.2) is 9.59 Å². The number of piperidine rings is 1. The Bertz CT molecular complexity index is 372. The van der Waals surface area contributed by atoms with Crippen LogP contribution in [0.1, 0.15) is 19.3 Å². The highest BCUT2D eigenvalue weighted by Crippen LogP contribution is 2.20. The Morgan fingerprint density at radius 1 is 1.35 bits per heavy atom. The average molecular weight is 285 g/mol. The third-order valence-electron chi connectivity index (χ3n) is 4.26. The minimum atomic E-state index is -1.25. The summed E-state index contributed by atoms with van der Waals surface area (Å²) in [5, 5.41) is 12.0. The molecule has 2 amide bonds. The van der Waals surface area contributed by atoms with Gasteiger partial charge in [0, 0.05) is 32.2 Å². The van der Waals surface area contributed by atoms with Gasteiger partial charge in [-0.05, 0) is 26.9 Å². The van der Waals surface area contributed by atoms with E-state index < -0.39 is 11.5 Å². The zero-order valence-corrected chi connectivity index (χ0v) is 12.1. The largest absolute Gasteiger partial charge is 0.479 e. The first-order chi connectivity index (χ1) is 9.44. The Morgan fingerprint density at radius 2 is 2.00 bits per heavy atom. The second-order valence-corrected chi connectivity index (χ2v) is 5.80. The fourth-order valence-corrected chi connectivity index (χ4v) is 2.75. The fraction of sp³-hybridized carbons (Fsp3) is 0.846. The van der Waals surface area contributed by atoms with Crippen molar-refractivity contribution in [3.8, 4) is 0 Å². The van der Waals surface area contributed by atoms with E-state index >= 15 is 0 Å². The van der Waals surface area contributed by atoms with Crippen LogP contribution in [0.5, 0.6) is 0 Å². The van der Waals surface area contributed by atoms with Crippen molar-refractivity contribution in [2.45, 2.75) is 30.8 Å². The molecule has 7 heteroatoms. The molecule has 2 N–H and O–H groups in total. The van der Waals surface area contributed by atoms with Crippen LogP contribution in [0.2, 0.25) is 0 Å². The van der Waals surface area contributed by atoms with Gasteiger partial charge < -0.3 is 25.0 Å². The minimum absolute atomic E-state index is 0.0439. The molecule has 0 aliphatic carbocycles. The smallest absolute Gasteiger partial charge is 0.332 e. The van der Waals surface area contributed by atoms with E-state index in [1.807, 2.05) is 14.1 Å². The Balaban J connectivity index is 1.91. The van der Waals surface area contributed by atoms with E-state index in [0.29, 0.717) is 32.2 Å². The highest BCUT2D eigenvalue weighted by Gasteiger charge is 2.44. The number of nitrogens with one attached hydrogen (secondary N) is 1. The van der Waals surface area contributed by atoms with Gasteiger partial charge >= 0.3 is 12.0 Å². The number of carboxylic acid groups (broad SMARTS) is 1. The number of nitrogens with zero attached hydrogens (tertiary/aromatic N) is 2. The molecule has 0 aromatic heterocycles. The van der Waals surface area contributed by atoms with Gasteiger partial charge in [-0.3, -0.25) is 0 Å². The number of carbonyl (C=O) groups excluding carboxylic acids is 1. The Morgan fingerprint density at radius 3 is 2.45 bits per heavy atom. The Hall–Kier alpha value is -1.34. The number of carbonyl (C=O) groups is 2. The number of amides is 2. The van der Waals surface area contributed by atoms with Crippen molar-refractivity contribution in [3.63, 3.8) is 0 Å². The Labute approximate surface area is 118 Å². The second-order valence-electron chi connectivity index (χ2n) is 5.80. The highest BCUT2D eigenvalue weighted by molar-refractivity contribution is 5.86. The van der Waals surface area contributed by atoms with Gasteiger partial charge in [0.25, 0.3) is 0 Å². The molecule has 0 spiro atoms. The molecule has 0 radical (unpaired) electrons. The molecule has 2 saturated heterocycles. The van der Waals surface area contributed by atoms with E-state index in [1.165, 1.54) is 0 Å². The molecule has 0 aromatic carbocycles. The summed E-state index contributed by atoms with van der Waals surface area (Å²) in [6, 6.07) is 0.192. The zero-order valence-electron chi connectivity index (χ0n) is 12.1. The molecule has 0 aromatic rings. The van der Waals surface area contributed by atoms with Crippen molar-refractivity contribution in [1.29, 1.82) is 0 Å². The molecule has 2 aliphatic rings. The lowest BCUT2D eigenvalue weighted by molar-refractivity contribution is -0.144. The first-order valence-corrected chi connectivity index (χ1v) is 6.99. The van der Waals surface area contributed by atoms with Crippen LogP contribution in [0.4, 0.5) is 4.79 Å². The molecule has 2 fully saturated rings. The number of urea groups is 1. The maximum atomic E-state index is 12.2. The lowest BCUT2D eigenvalue weighted by Gasteiger charge is -2.36. The van der Waals surface area contributed by atoms with Crippen molar-refractivity contribution >= 4 is 12.0 Å². The quantitative estimate of drug-likeness (QED) is 0.761. The summed E-state index contributed by atoms with van der Waals surface area (Å²) < 4.78 is 5.14. The lowest BCUT2D eigenvalue weighted by atomic mass is 9.99. The lowest BCUT2D eigenvalue weighted by Crippen LogP contribution is -2.59. The second kappa shape index (κ2) is 5.97. The number of hydrogen-bond donors (Lipinski definition) is 2. The van der Waals surface area contributed by atoms with Gasteiger partial charge in [-0.2, -0.15) is 0 Å². The number of carboxylic acids is 1. The summed E-state index contributed by atoms with van der Waals surface area (Å²) in [5.74, 6) is -1.02. The molecular formula is C13H23N3O4. The average Bonchev–Trinajstić information content (AvgIpc) is 2.88. The molecular weight excluding hydrogens is 262 g/mol. The summed E-state index contributed by atoms with van der Waals surface area (Å²) in [6.07, 6.45) is 2.15. The van der Waals surface area contributed by atoms with Crippen molar-refractivity contribution < 1.29 is 19.4 Å². The first-order valence-electron chi connectivity index (χ1n) is 6.99. The van der Waals surface area contributed by atoms with Crippen molar-refractivity contribution in [2.24, 2.45) is 0 Å². The van der Waals surface area contributed by atoms with Crippen molar-refractivity contribution in [3.05, 3.63) is 0 Å². The topological polar surface area (TPSA) is 82.1 Å². The predicted octanol–water partition coefficient (Wildman–Crippen LogP) is -0.0343. The van der Waals surface area contributed by atoms with E-state index in [0.717, 1.165) is 12.8 Å². The fourth-order valence-electron chi connectivity index (χ4n) is 2.75. The third-order valence-corrected chi connectivity index (χ3v) is 4.26. The zero-order chi connectivity index (χ0) is 14.8. The third kappa shape index (κ3) is 3.04.